The van der Waals surface area contributed by atoms with Crippen molar-refractivity contribution in [1.82, 2.24) is 0 Å². The van der Waals surface area contributed by atoms with Gasteiger partial charge in [-0.1, -0.05) is 324 Å². The van der Waals surface area contributed by atoms with Crippen molar-refractivity contribution >= 4 is 39.5 Å². The van der Waals surface area contributed by atoms with Crippen LogP contribution < -0.4 is 0 Å². The minimum absolute atomic E-state index is 0.103. The van der Waals surface area contributed by atoms with Crippen molar-refractivity contribution in [1.29, 1.82) is 0 Å². The Morgan fingerprint density at radius 2 is 0.500 bits per heavy atom. The fraction of sp³-hybridized carbons (Fsp3) is 0.945. The minimum atomic E-state index is -4.95. The van der Waals surface area contributed by atoms with E-state index in [2.05, 4.69) is 41.5 Å². The van der Waals surface area contributed by atoms with Gasteiger partial charge in [0.2, 0.25) is 0 Å². The number of esters is 4. The second-order valence-corrected chi connectivity index (χ2v) is 30.2. The number of carbonyl (C=O) groups excluding carboxylic acids is 4. The average molecular weight is 1350 g/mol. The first-order valence-corrected chi connectivity index (χ1v) is 41.0. The summed E-state index contributed by atoms with van der Waals surface area (Å²) in [5.74, 6) is -0.510. The fourth-order valence-corrected chi connectivity index (χ4v) is 12.7. The molecular weight excluding hydrogens is 1210 g/mol. The summed E-state index contributed by atoms with van der Waals surface area (Å²) in [5, 5.41) is 10.6. The van der Waals surface area contributed by atoms with Crippen LogP contribution in [0.25, 0.3) is 0 Å². The Balaban J connectivity index is 5.11. The van der Waals surface area contributed by atoms with Crippen LogP contribution in [0, 0.1) is 11.8 Å². The molecule has 0 radical (unpaired) electrons. The topological polar surface area (TPSA) is 237 Å². The number of hydrogen-bond donors (Lipinski definition) is 3. The van der Waals surface area contributed by atoms with Crippen molar-refractivity contribution in [3.63, 3.8) is 0 Å². The van der Waals surface area contributed by atoms with E-state index >= 15 is 0 Å². The second kappa shape index (κ2) is 65.0. The number of hydrogen-bond acceptors (Lipinski definition) is 15. The van der Waals surface area contributed by atoms with Gasteiger partial charge in [0.05, 0.1) is 26.4 Å². The van der Waals surface area contributed by atoms with Crippen molar-refractivity contribution in [3.05, 3.63) is 0 Å². The summed E-state index contributed by atoms with van der Waals surface area (Å²) in [5.41, 5.74) is 0. The Morgan fingerprint density at radius 1 is 0.293 bits per heavy atom. The number of aliphatic hydroxyl groups is 1. The van der Waals surface area contributed by atoms with Crippen LogP contribution >= 0.6 is 15.6 Å². The van der Waals surface area contributed by atoms with Crippen LogP contribution in [0.3, 0.4) is 0 Å². The highest BCUT2D eigenvalue weighted by Gasteiger charge is 2.30. The number of carbonyl (C=O) groups is 4. The lowest BCUT2D eigenvalue weighted by molar-refractivity contribution is -0.161. The number of phosphoric acid groups is 2. The Morgan fingerprint density at radius 3 is 0.739 bits per heavy atom. The zero-order chi connectivity index (χ0) is 67.9. The van der Waals surface area contributed by atoms with E-state index in [9.17, 15) is 43.2 Å². The molecule has 0 heterocycles. The van der Waals surface area contributed by atoms with E-state index in [0.717, 1.165) is 127 Å². The summed E-state index contributed by atoms with van der Waals surface area (Å²) >= 11 is 0. The van der Waals surface area contributed by atoms with Gasteiger partial charge in [-0.15, -0.1) is 0 Å². The maximum atomic E-state index is 13.1. The fourth-order valence-electron chi connectivity index (χ4n) is 11.1. The first-order valence-electron chi connectivity index (χ1n) is 38.0. The normalized spacial score (nSPS) is 14.1. The van der Waals surface area contributed by atoms with Crippen LogP contribution in [-0.2, 0) is 65.4 Å². The van der Waals surface area contributed by atoms with Crippen LogP contribution in [0.5, 0.6) is 0 Å². The van der Waals surface area contributed by atoms with Gasteiger partial charge in [-0.05, 0) is 37.5 Å². The first kappa shape index (κ1) is 90.1. The Kier molecular flexibility index (Phi) is 63.7. The SMILES string of the molecule is CCCCCCCCCC(=O)OC[C@H](COP(=O)(O)OC[C@H](O)COP(=O)(O)OC[C@@H](COC(=O)CCCCCCCCCCCCCCCCC(C)C)OC(=O)CCCCCCCCCCCCCCCCCCCCC(C)C)OC(=O)CCCCCCCCC. The van der Waals surface area contributed by atoms with Crippen molar-refractivity contribution in [2.24, 2.45) is 11.8 Å². The highest BCUT2D eigenvalue weighted by Crippen LogP contribution is 2.45. The third-order valence-corrected chi connectivity index (χ3v) is 18.9. The maximum Gasteiger partial charge on any atom is 0.472 e. The quantitative estimate of drug-likeness (QED) is 0.0222. The predicted octanol–water partition coefficient (Wildman–Crippen LogP) is 21.2. The van der Waals surface area contributed by atoms with E-state index in [1.54, 1.807) is 0 Å². The van der Waals surface area contributed by atoms with Gasteiger partial charge in [0.15, 0.2) is 12.2 Å². The third-order valence-electron chi connectivity index (χ3n) is 17.0. The van der Waals surface area contributed by atoms with Gasteiger partial charge in [0.25, 0.3) is 0 Å². The molecule has 0 aromatic heterocycles. The number of ether oxygens (including phenoxy) is 4. The molecule has 0 saturated heterocycles. The van der Waals surface area contributed by atoms with Crippen LogP contribution in [0.15, 0.2) is 0 Å². The summed E-state index contributed by atoms with van der Waals surface area (Å²) in [4.78, 5) is 72.3. The molecule has 0 bridgehead atoms. The predicted molar refractivity (Wildman–Crippen MR) is 372 cm³/mol. The van der Waals surface area contributed by atoms with Gasteiger partial charge in [0.1, 0.15) is 19.3 Å². The monoisotopic (exact) mass is 1350 g/mol. The van der Waals surface area contributed by atoms with Crippen LogP contribution in [0.1, 0.15) is 375 Å². The molecular formula is C73H142O17P2. The van der Waals surface area contributed by atoms with E-state index in [0.29, 0.717) is 25.7 Å². The molecule has 0 rings (SSSR count). The molecule has 0 aliphatic heterocycles. The van der Waals surface area contributed by atoms with Crippen LogP contribution in [0.2, 0.25) is 0 Å². The number of aliphatic hydroxyl groups excluding tert-OH is 1. The van der Waals surface area contributed by atoms with Gasteiger partial charge in [0, 0.05) is 25.7 Å². The molecule has 0 amide bonds. The van der Waals surface area contributed by atoms with Crippen molar-refractivity contribution < 1.29 is 80.2 Å². The number of rotatable bonds is 72. The van der Waals surface area contributed by atoms with E-state index in [-0.39, 0.29) is 25.7 Å². The molecule has 0 fully saturated rings. The van der Waals surface area contributed by atoms with Crippen molar-refractivity contribution in [2.45, 2.75) is 394 Å². The Bertz CT molecular complexity index is 1790. The molecule has 0 aliphatic carbocycles. The molecule has 2 unspecified atom stereocenters. The van der Waals surface area contributed by atoms with Crippen molar-refractivity contribution in [2.75, 3.05) is 39.6 Å². The molecule has 3 N–H and O–H groups in total. The average Bonchev–Trinajstić information content (AvgIpc) is 1.78. The Hall–Kier alpha value is -1.94. The summed E-state index contributed by atoms with van der Waals surface area (Å²) < 4.78 is 68.1. The molecule has 17 nitrogen and oxygen atoms in total. The van der Waals surface area contributed by atoms with E-state index < -0.39 is 97.5 Å². The number of phosphoric ester groups is 2. The lowest BCUT2D eigenvalue weighted by atomic mass is 10.0. The molecule has 0 spiro atoms. The van der Waals surface area contributed by atoms with Crippen molar-refractivity contribution in [3.8, 4) is 0 Å². The van der Waals surface area contributed by atoms with Gasteiger partial charge in [-0.2, -0.15) is 0 Å². The standard InChI is InChI=1S/C73H142O17P2/c1-7-9-11-13-35-43-49-55-70(75)83-61-68(89-72(77)57-51-45-36-14-12-10-8-2)63-87-91(79,80)85-59-67(74)60-86-92(81,82)88-64-69(62-84-71(76)56-50-44-39-33-29-25-22-21-24-28-32-38-42-48-54-66(5)6)90-73(78)58-52-46-40-34-30-26-20-18-16-15-17-19-23-27-31-37-41-47-53-65(3)4/h65-69,74H,7-64H2,1-6H3,(H,79,80)(H,81,82)/t67-,68+,69+/m0/s1. The van der Waals surface area contributed by atoms with Gasteiger partial charge < -0.3 is 33.8 Å². The smallest absolute Gasteiger partial charge is 0.462 e. The van der Waals surface area contributed by atoms with E-state index in [1.165, 1.54) is 167 Å². The molecule has 0 aliphatic rings. The lowest BCUT2D eigenvalue weighted by Gasteiger charge is -2.21. The molecule has 92 heavy (non-hydrogen) atoms. The molecule has 5 atom stereocenters. The molecule has 546 valence electrons. The van der Waals surface area contributed by atoms with E-state index in [4.69, 9.17) is 37.0 Å². The summed E-state index contributed by atoms with van der Waals surface area (Å²) in [7, 11) is -9.89. The van der Waals surface area contributed by atoms with E-state index in [1.807, 2.05) is 0 Å². The highest BCUT2D eigenvalue weighted by atomic mass is 31.2. The van der Waals surface area contributed by atoms with Crippen LogP contribution in [0.4, 0.5) is 0 Å². The maximum absolute atomic E-state index is 13.1. The zero-order valence-electron chi connectivity index (χ0n) is 59.9. The minimum Gasteiger partial charge on any atom is -0.462 e. The second-order valence-electron chi connectivity index (χ2n) is 27.3. The van der Waals surface area contributed by atoms with Gasteiger partial charge in [-0.25, -0.2) is 9.13 Å². The number of unbranched alkanes of at least 4 members (excludes halogenated alkanes) is 42. The zero-order valence-corrected chi connectivity index (χ0v) is 61.6. The molecule has 0 saturated carbocycles. The molecule has 19 heteroatoms. The summed E-state index contributed by atoms with van der Waals surface area (Å²) in [6.45, 7) is 9.54. The van der Waals surface area contributed by atoms with Crippen LogP contribution in [-0.4, -0.2) is 96.7 Å². The summed E-state index contributed by atoms with van der Waals surface area (Å²) in [6, 6.07) is 0. The summed E-state index contributed by atoms with van der Waals surface area (Å²) in [6.07, 6.45) is 51.8. The third kappa shape index (κ3) is 66.7. The highest BCUT2D eigenvalue weighted by molar-refractivity contribution is 7.47. The first-order chi connectivity index (χ1) is 44.4. The molecule has 0 aromatic rings. The lowest BCUT2D eigenvalue weighted by Crippen LogP contribution is -2.30. The van der Waals surface area contributed by atoms with Gasteiger partial charge in [-0.3, -0.25) is 37.3 Å². The van der Waals surface area contributed by atoms with Gasteiger partial charge >= 0.3 is 39.5 Å². The molecule has 0 aromatic carbocycles. The Labute approximate surface area is 562 Å². The largest absolute Gasteiger partial charge is 0.472 e.